The molecule has 2 aliphatic rings. The van der Waals surface area contributed by atoms with E-state index in [9.17, 15) is 4.39 Å². The molecule has 8 heteroatoms. The molecular formula is C26H25FN4O2S. The first-order chi connectivity index (χ1) is 16.5. The summed E-state index contributed by atoms with van der Waals surface area (Å²) in [7, 11) is 0. The Morgan fingerprint density at radius 2 is 1.71 bits per heavy atom. The van der Waals surface area contributed by atoms with Crippen LogP contribution in [0.1, 0.15) is 16.3 Å². The molecule has 0 N–H and O–H groups in total. The van der Waals surface area contributed by atoms with Crippen LogP contribution in [0.2, 0.25) is 0 Å². The van der Waals surface area contributed by atoms with Crippen LogP contribution in [0.5, 0.6) is 11.5 Å². The zero-order valence-electron chi connectivity index (χ0n) is 19.2. The fourth-order valence-corrected chi connectivity index (χ4v) is 5.89. The highest BCUT2D eigenvalue weighted by molar-refractivity contribution is 7.19. The molecule has 0 amide bonds. The number of fused-ring (bicyclic) bond motifs is 2. The van der Waals surface area contributed by atoms with Crippen LogP contribution in [0.15, 0.2) is 42.5 Å². The SMILES string of the molecule is Cc1nc(N2CCN(Cc3ccc4c(c3)OCO4)CC2)c2c(-c3ccc(F)cc3)c(C)sc2n1. The zero-order chi connectivity index (χ0) is 23.2. The maximum absolute atomic E-state index is 13.6. The van der Waals surface area contributed by atoms with E-state index in [1.807, 2.05) is 25.1 Å². The van der Waals surface area contributed by atoms with Gasteiger partial charge in [-0.1, -0.05) is 18.2 Å². The normalized spacial score (nSPS) is 15.9. The molecule has 1 fully saturated rings. The smallest absolute Gasteiger partial charge is 0.231 e. The van der Waals surface area contributed by atoms with E-state index in [0.29, 0.717) is 6.79 Å². The minimum Gasteiger partial charge on any atom is -0.454 e. The summed E-state index contributed by atoms with van der Waals surface area (Å²) >= 11 is 1.68. The number of anilines is 1. The first-order valence-electron chi connectivity index (χ1n) is 11.4. The monoisotopic (exact) mass is 476 g/mol. The van der Waals surface area contributed by atoms with E-state index >= 15 is 0 Å². The Bertz CT molecular complexity index is 1360. The second-order valence-corrected chi connectivity index (χ2v) is 9.97. The molecule has 0 saturated carbocycles. The number of aryl methyl sites for hydroxylation is 2. The number of hydrogen-bond acceptors (Lipinski definition) is 7. The van der Waals surface area contributed by atoms with Crippen molar-refractivity contribution in [2.24, 2.45) is 0 Å². The van der Waals surface area contributed by atoms with Gasteiger partial charge in [0.15, 0.2) is 11.5 Å². The average Bonchev–Trinajstić information content (AvgIpc) is 3.43. The molecule has 2 aliphatic heterocycles. The summed E-state index contributed by atoms with van der Waals surface area (Å²) in [5.41, 5.74) is 3.34. The molecule has 0 aliphatic carbocycles. The van der Waals surface area contributed by atoms with Crippen molar-refractivity contribution in [2.75, 3.05) is 37.9 Å². The fraction of sp³-hybridized carbons (Fsp3) is 0.308. The van der Waals surface area contributed by atoms with E-state index in [0.717, 1.165) is 77.2 Å². The van der Waals surface area contributed by atoms with Gasteiger partial charge in [0, 0.05) is 43.2 Å². The summed E-state index contributed by atoms with van der Waals surface area (Å²) in [5.74, 6) is 3.17. The number of piperazine rings is 1. The Morgan fingerprint density at radius 1 is 0.941 bits per heavy atom. The van der Waals surface area contributed by atoms with E-state index in [2.05, 4.69) is 28.9 Å². The fourth-order valence-electron chi connectivity index (χ4n) is 4.81. The molecule has 6 nitrogen and oxygen atoms in total. The first kappa shape index (κ1) is 21.3. The molecule has 2 aromatic heterocycles. The Morgan fingerprint density at radius 3 is 2.50 bits per heavy atom. The molecule has 4 aromatic rings. The molecule has 1 saturated heterocycles. The van der Waals surface area contributed by atoms with Crippen LogP contribution >= 0.6 is 11.3 Å². The molecule has 174 valence electrons. The summed E-state index contributed by atoms with van der Waals surface area (Å²) in [6.07, 6.45) is 0. The molecule has 4 heterocycles. The molecule has 0 spiro atoms. The Labute approximate surface area is 201 Å². The van der Waals surface area contributed by atoms with Crippen molar-refractivity contribution >= 4 is 27.4 Å². The summed E-state index contributed by atoms with van der Waals surface area (Å²) in [4.78, 5) is 16.6. The second-order valence-electron chi connectivity index (χ2n) is 8.77. The Hall–Kier alpha value is -3.23. The lowest BCUT2D eigenvalue weighted by atomic mass is 10.0. The Balaban J connectivity index is 1.26. The minimum absolute atomic E-state index is 0.230. The van der Waals surface area contributed by atoms with Crippen LogP contribution < -0.4 is 14.4 Å². The number of rotatable bonds is 4. The van der Waals surface area contributed by atoms with Gasteiger partial charge in [-0.3, -0.25) is 4.90 Å². The molecule has 34 heavy (non-hydrogen) atoms. The highest BCUT2D eigenvalue weighted by Gasteiger charge is 2.25. The summed E-state index contributed by atoms with van der Waals surface area (Å²) in [5, 5.41) is 1.07. The van der Waals surface area contributed by atoms with E-state index in [-0.39, 0.29) is 5.82 Å². The van der Waals surface area contributed by atoms with Gasteiger partial charge in [0.2, 0.25) is 6.79 Å². The highest BCUT2D eigenvalue weighted by Crippen LogP contribution is 2.42. The maximum atomic E-state index is 13.6. The first-order valence-corrected chi connectivity index (χ1v) is 12.3. The van der Waals surface area contributed by atoms with Crippen LogP contribution in [0.25, 0.3) is 21.3 Å². The summed E-state index contributed by atoms with van der Waals surface area (Å²) < 4.78 is 24.5. The van der Waals surface area contributed by atoms with Crippen molar-refractivity contribution < 1.29 is 13.9 Å². The van der Waals surface area contributed by atoms with E-state index in [1.54, 1.807) is 11.3 Å². The third-order valence-corrected chi connectivity index (χ3v) is 7.47. The predicted molar refractivity (Wildman–Crippen MR) is 132 cm³/mol. The number of nitrogens with zero attached hydrogens (tertiary/aromatic N) is 4. The van der Waals surface area contributed by atoms with Crippen LogP contribution in [0.3, 0.4) is 0 Å². The highest BCUT2D eigenvalue weighted by atomic mass is 32.1. The lowest BCUT2D eigenvalue weighted by molar-refractivity contribution is 0.174. The van der Waals surface area contributed by atoms with Crippen molar-refractivity contribution in [1.29, 1.82) is 0 Å². The van der Waals surface area contributed by atoms with Gasteiger partial charge in [-0.15, -0.1) is 11.3 Å². The predicted octanol–water partition coefficient (Wildman–Crippen LogP) is 5.17. The molecular weight excluding hydrogens is 451 g/mol. The van der Waals surface area contributed by atoms with Crippen molar-refractivity contribution in [1.82, 2.24) is 14.9 Å². The van der Waals surface area contributed by atoms with Crippen molar-refractivity contribution in [3.8, 4) is 22.6 Å². The van der Waals surface area contributed by atoms with Gasteiger partial charge in [0.25, 0.3) is 0 Å². The van der Waals surface area contributed by atoms with Crippen LogP contribution in [0, 0.1) is 19.7 Å². The van der Waals surface area contributed by atoms with Gasteiger partial charge in [-0.2, -0.15) is 0 Å². The lowest BCUT2D eigenvalue weighted by Crippen LogP contribution is -2.46. The molecule has 0 unspecified atom stereocenters. The standard InChI is InChI=1S/C26H25FN4O2S/c1-16-23(19-4-6-20(27)7-5-19)24-25(28-17(2)29-26(24)34-16)31-11-9-30(10-12-31)14-18-3-8-21-22(13-18)33-15-32-21/h3-8,13H,9-12,14-15H2,1-2H3. The third-order valence-electron chi connectivity index (χ3n) is 6.47. The van der Waals surface area contributed by atoms with Gasteiger partial charge in [0.05, 0.1) is 5.39 Å². The van der Waals surface area contributed by atoms with Gasteiger partial charge < -0.3 is 14.4 Å². The number of aromatic nitrogens is 2. The van der Waals surface area contributed by atoms with Crippen molar-refractivity contribution in [3.05, 3.63) is 64.5 Å². The number of halogens is 1. The molecule has 0 bridgehead atoms. The molecule has 6 rings (SSSR count). The Kier molecular flexibility index (Phi) is 5.34. The quantitative estimate of drug-likeness (QED) is 0.405. The lowest BCUT2D eigenvalue weighted by Gasteiger charge is -2.36. The third kappa shape index (κ3) is 3.86. The molecule has 0 atom stereocenters. The van der Waals surface area contributed by atoms with E-state index in [4.69, 9.17) is 19.4 Å². The number of ether oxygens (including phenoxy) is 2. The zero-order valence-corrected chi connectivity index (χ0v) is 20.0. The van der Waals surface area contributed by atoms with Crippen LogP contribution in [-0.4, -0.2) is 47.8 Å². The van der Waals surface area contributed by atoms with Crippen LogP contribution in [-0.2, 0) is 6.54 Å². The molecule has 0 radical (unpaired) electrons. The minimum atomic E-state index is -0.230. The van der Waals surface area contributed by atoms with Gasteiger partial charge in [-0.05, 0) is 49.2 Å². The van der Waals surface area contributed by atoms with Crippen LogP contribution in [0.4, 0.5) is 10.2 Å². The summed E-state index contributed by atoms with van der Waals surface area (Å²) in [6, 6.07) is 12.9. The second kappa shape index (κ2) is 8.52. The number of hydrogen-bond donors (Lipinski definition) is 0. The number of benzene rings is 2. The van der Waals surface area contributed by atoms with Crippen molar-refractivity contribution in [2.45, 2.75) is 20.4 Å². The number of thiophene rings is 1. The average molecular weight is 477 g/mol. The van der Waals surface area contributed by atoms with Gasteiger partial charge in [0.1, 0.15) is 22.3 Å². The summed E-state index contributed by atoms with van der Waals surface area (Å²) in [6.45, 7) is 8.87. The van der Waals surface area contributed by atoms with E-state index < -0.39 is 0 Å². The van der Waals surface area contributed by atoms with Gasteiger partial charge >= 0.3 is 0 Å². The topological polar surface area (TPSA) is 50.7 Å². The van der Waals surface area contributed by atoms with Gasteiger partial charge in [-0.25, -0.2) is 14.4 Å². The van der Waals surface area contributed by atoms with Crippen molar-refractivity contribution in [3.63, 3.8) is 0 Å². The largest absolute Gasteiger partial charge is 0.454 e. The molecule has 2 aromatic carbocycles. The maximum Gasteiger partial charge on any atom is 0.231 e. The van der Waals surface area contributed by atoms with E-state index in [1.165, 1.54) is 22.6 Å².